The van der Waals surface area contributed by atoms with E-state index in [9.17, 15) is 9.90 Å². The molecule has 2 aromatic carbocycles. The molecule has 108 valence electrons. The molecule has 0 unspecified atom stereocenters. The summed E-state index contributed by atoms with van der Waals surface area (Å²) >= 11 is 3.21. The van der Waals surface area contributed by atoms with E-state index in [1.807, 2.05) is 31.2 Å². The van der Waals surface area contributed by atoms with Crippen LogP contribution in [0.4, 0.5) is 10.5 Å². The lowest BCUT2D eigenvalue weighted by molar-refractivity contribution is 0.252. The fraction of sp³-hybridized carbons (Fsp3) is 0.0667. The van der Waals surface area contributed by atoms with Gasteiger partial charge in [-0.1, -0.05) is 18.2 Å². The average Bonchev–Trinajstić information content (AvgIpc) is 2.45. The summed E-state index contributed by atoms with van der Waals surface area (Å²) in [6.45, 7) is 1.91. The van der Waals surface area contributed by atoms with Crippen molar-refractivity contribution in [1.82, 2.24) is 5.43 Å². The molecule has 5 nitrogen and oxygen atoms in total. The lowest BCUT2D eigenvalue weighted by Crippen LogP contribution is -2.24. The van der Waals surface area contributed by atoms with Gasteiger partial charge in [0, 0.05) is 5.69 Å². The largest absolute Gasteiger partial charge is 0.507 e. The molecule has 0 spiro atoms. The third-order valence-corrected chi connectivity index (χ3v) is 3.38. The van der Waals surface area contributed by atoms with E-state index < -0.39 is 6.03 Å². The SMILES string of the molecule is Cc1ccccc1NC(=O)NN=Cc1ccc(O)c(Br)c1. The summed E-state index contributed by atoms with van der Waals surface area (Å²) in [7, 11) is 0. The van der Waals surface area contributed by atoms with Crippen molar-refractivity contribution in [3.8, 4) is 5.75 Å². The average molecular weight is 348 g/mol. The van der Waals surface area contributed by atoms with Crippen LogP contribution in [0.15, 0.2) is 52.0 Å². The van der Waals surface area contributed by atoms with Crippen molar-refractivity contribution < 1.29 is 9.90 Å². The van der Waals surface area contributed by atoms with E-state index >= 15 is 0 Å². The monoisotopic (exact) mass is 347 g/mol. The van der Waals surface area contributed by atoms with E-state index in [1.165, 1.54) is 6.21 Å². The molecule has 6 heteroatoms. The van der Waals surface area contributed by atoms with Gasteiger partial charge in [0.05, 0.1) is 10.7 Å². The number of hydrogen-bond acceptors (Lipinski definition) is 3. The summed E-state index contributed by atoms with van der Waals surface area (Å²) in [4.78, 5) is 11.7. The highest BCUT2D eigenvalue weighted by atomic mass is 79.9. The van der Waals surface area contributed by atoms with Crippen LogP contribution in [0.5, 0.6) is 5.75 Å². The molecule has 0 radical (unpaired) electrons. The minimum Gasteiger partial charge on any atom is -0.507 e. The third-order valence-electron chi connectivity index (χ3n) is 2.74. The number of aryl methyl sites for hydroxylation is 1. The van der Waals surface area contributed by atoms with Crippen LogP contribution in [0.3, 0.4) is 0 Å². The van der Waals surface area contributed by atoms with Gasteiger partial charge in [0.2, 0.25) is 0 Å². The second-order valence-electron chi connectivity index (χ2n) is 4.35. The molecule has 0 aromatic heterocycles. The number of hydrogen-bond donors (Lipinski definition) is 3. The van der Waals surface area contributed by atoms with Gasteiger partial charge in [0.25, 0.3) is 0 Å². The number of benzene rings is 2. The molecule has 0 fully saturated rings. The number of rotatable bonds is 3. The van der Waals surface area contributed by atoms with E-state index in [-0.39, 0.29) is 5.75 Å². The van der Waals surface area contributed by atoms with Crippen molar-refractivity contribution >= 4 is 33.9 Å². The van der Waals surface area contributed by atoms with Crippen molar-refractivity contribution in [2.45, 2.75) is 6.92 Å². The molecular formula is C15H14BrN3O2. The van der Waals surface area contributed by atoms with Crippen molar-refractivity contribution in [2.24, 2.45) is 5.10 Å². The van der Waals surface area contributed by atoms with Gasteiger partial charge in [-0.15, -0.1) is 0 Å². The Morgan fingerprint density at radius 2 is 2.05 bits per heavy atom. The van der Waals surface area contributed by atoms with E-state index in [4.69, 9.17) is 0 Å². The maximum Gasteiger partial charge on any atom is 0.339 e. The number of phenolic OH excluding ortho intramolecular Hbond substituents is 1. The molecular weight excluding hydrogens is 334 g/mol. The van der Waals surface area contributed by atoms with Crippen LogP contribution in [0.1, 0.15) is 11.1 Å². The van der Waals surface area contributed by atoms with Crippen molar-refractivity contribution in [3.63, 3.8) is 0 Å². The minimum atomic E-state index is -0.418. The van der Waals surface area contributed by atoms with Gasteiger partial charge in [-0.3, -0.25) is 0 Å². The van der Waals surface area contributed by atoms with Crippen LogP contribution < -0.4 is 10.7 Å². The number of amides is 2. The summed E-state index contributed by atoms with van der Waals surface area (Å²) in [6, 6.07) is 12.0. The Hall–Kier alpha value is -2.34. The molecule has 0 atom stereocenters. The fourth-order valence-electron chi connectivity index (χ4n) is 1.63. The number of aromatic hydroxyl groups is 1. The van der Waals surface area contributed by atoms with Gasteiger partial charge in [-0.2, -0.15) is 5.10 Å². The van der Waals surface area contributed by atoms with Gasteiger partial charge < -0.3 is 10.4 Å². The zero-order chi connectivity index (χ0) is 15.2. The summed E-state index contributed by atoms with van der Waals surface area (Å²) in [5, 5.41) is 15.9. The second kappa shape index (κ2) is 6.90. The van der Waals surface area contributed by atoms with Crippen LogP contribution in [-0.4, -0.2) is 17.4 Å². The number of carbonyl (C=O) groups excluding carboxylic acids is 1. The number of urea groups is 1. The Morgan fingerprint density at radius 1 is 1.29 bits per heavy atom. The number of para-hydroxylation sites is 1. The standard InChI is InChI=1S/C15H14BrN3O2/c1-10-4-2-3-5-13(10)18-15(21)19-17-9-11-6-7-14(20)12(16)8-11/h2-9,20H,1H3,(H2,18,19,21). The number of halogens is 1. The predicted octanol–water partition coefficient (Wildman–Crippen LogP) is 3.62. The molecule has 0 saturated carbocycles. The number of phenols is 1. The first-order valence-corrected chi connectivity index (χ1v) is 7.00. The predicted molar refractivity (Wildman–Crippen MR) is 86.7 cm³/mol. The maximum absolute atomic E-state index is 11.7. The minimum absolute atomic E-state index is 0.150. The quantitative estimate of drug-likeness (QED) is 0.586. The maximum atomic E-state index is 11.7. The molecule has 0 aliphatic carbocycles. The first-order valence-electron chi connectivity index (χ1n) is 6.20. The highest BCUT2D eigenvalue weighted by Gasteiger charge is 2.02. The van der Waals surface area contributed by atoms with Crippen LogP contribution in [0, 0.1) is 6.92 Å². The molecule has 0 bridgehead atoms. The molecule has 0 aliphatic rings. The van der Waals surface area contributed by atoms with E-state index in [1.54, 1.807) is 18.2 Å². The number of nitrogens with zero attached hydrogens (tertiary/aromatic N) is 1. The number of carbonyl (C=O) groups is 1. The van der Waals surface area contributed by atoms with Crippen molar-refractivity contribution in [2.75, 3.05) is 5.32 Å². The number of nitrogens with one attached hydrogen (secondary N) is 2. The van der Waals surface area contributed by atoms with E-state index in [0.29, 0.717) is 4.47 Å². The topological polar surface area (TPSA) is 73.7 Å². The summed E-state index contributed by atoms with van der Waals surface area (Å²) < 4.78 is 0.566. The van der Waals surface area contributed by atoms with Gasteiger partial charge in [-0.25, -0.2) is 10.2 Å². The summed E-state index contributed by atoms with van der Waals surface area (Å²) in [5.74, 6) is 0.150. The molecule has 2 amide bonds. The highest BCUT2D eigenvalue weighted by molar-refractivity contribution is 9.10. The summed E-state index contributed by atoms with van der Waals surface area (Å²) in [5.41, 5.74) is 4.83. The first-order chi connectivity index (χ1) is 10.1. The highest BCUT2D eigenvalue weighted by Crippen LogP contribution is 2.23. The number of anilines is 1. The molecule has 21 heavy (non-hydrogen) atoms. The first kappa shape index (κ1) is 15.1. The van der Waals surface area contributed by atoms with Gasteiger partial charge in [0.15, 0.2) is 0 Å². The lowest BCUT2D eigenvalue weighted by Gasteiger charge is -2.06. The fourth-order valence-corrected chi connectivity index (χ4v) is 2.03. The van der Waals surface area contributed by atoms with Gasteiger partial charge >= 0.3 is 6.03 Å². The van der Waals surface area contributed by atoms with Gasteiger partial charge in [0.1, 0.15) is 5.75 Å². The Kier molecular flexibility index (Phi) is 4.94. The smallest absolute Gasteiger partial charge is 0.339 e. The van der Waals surface area contributed by atoms with Crippen molar-refractivity contribution in [1.29, 1.82) is 0 Å². The Balaban J connectivity index is 1.93. The third kappa shape index (κ3) is 4.32. The normalized spacial score (nSPS) is 10.6. The number of hydrazone groups is 1. The van der Waals surface area contributed by atoms with Gasteiger partial charge in [-0.05, 0) is 58.2 Å². The molecule has 0 heterocycles. The lowest BCUT2D eigenvalue weighted by atomic mass is 10.2. The molecule has 2 aromatic rings. The second-order valence-corrected chi connectivity index (χ2v) is 5.20. The molecule has 3 N–H and O–H groups in total. The van der Waals surface area contributed by atoms with Crippen LogP contribution in [-0.2, 0) is 0 Å². The van der Waals surface area contributed by atoms with Crippen LogP contribution in [0.25, 0.3) is 0 Å². The molecule has 0 saturated heterocycles. The zero-order valence-corrected chi connectivity index (χ0v) is 12.9. The van der Waals surface area contributed by atoms with E-state index in [0.717, 1.165) is 16.8 Å². The Morgan fingerprint density at radius 3 is 2.76 bits per heavy atom. The molecule has 0 aliphatic heterocycles. The van der Waals surface area contributed by atoms with E-state index in [2.05, 4.69) is 31.8 Å². The Bertz CT molecular complexity index is 686. The van der Waals surface area contributed by atoms with Crippen LogP contribution >= 0.6 is 15.9 Å². The molecule has 2 rings (SSSR count). The Labute approximate surface area is 130 Å². The zero-order valence-electron chi connectivity index (χ0n) is 11.3. The van der Waals surface area contributed by atoms with Crippen LogP contribution in [0.2, 0.25) is 0 Å². The van der Waals surface area contributed by atoms with Crippen molar-refractivity contribution in [3.05, 3.63) is 58.1 Å². The summed E-state index contributed by atoms with van der Waals surface area (Å²) in [6.07, 6.45) is 1.49.